The van der Waals surface area contributed by atoms with Crippen molar-refractivity contribution in [1.82, 2.24) is 9.78 Å². The first-order valence-corrected chi connectivity index (χ1v) is 5.99. The Bertz CT molecular complexity index is 401. The molecule has 3 rings (SSSR count). The second kappa shape index (κ2) is 2.77. The minimum atomic E-state index is 0.684. The summed E-state index contributed by atoms with van der Waals surface area (Å²) < 4.78 is 1.86. The Morgan fingerprint density at radius 3 is 2.80 bits per heavy atom. The van der Waals surface area contributed by atoms with Crippen LogP contribution in [0.15, 0.2) is 0 Å². The van der Waals surface area contributed by atoms with Crippen molar-refractivity contribution < 1.29 is 0 Å². The molecule has 0 saturated heterocycles. The highest BCUT2D eigenvalue weighted by molar-refractivity contribution is 5.48. The van der Waals surface area contributed by atoms with Crippen LogP contribution >= 0.6 is 0 Å². The summed E-state index contributed by atoms with van der Waals surface area (Å²) in [5.41, 5.74) is 9.39. The fourth-order valence-corrected chi connectivity index (χ4v) is 2.84. The van der Waals surface area contributed by atoms with E-state index in [4.69, 9.17) is 5.73 Å². The third-order valence-corrected chi connectivity index (χ3v) is 4.14. The van der Waals surface area contributed by atoms with Gasteiger partial charge in [-0.1, -0.05) is 13.3 Å². The Morgan fingerprint density at radius 1 is 1.53 bits per heavy atom. The van der Waals surface area contributed by atoms with Crippen molar-refractivity contribution in [2.75, 3.05) is 5.73 Å². The molecule has 2 aliphatic carbocycles. The lowest BCUT2D eigenvalue weighted by Crippen LogP contribution is -1.99. The molecule has 3 heteroatoms. The molecule has 1 unspecified atom stereocenters. The van der Waals surface area contributed by atoms with Gasteiger partial charge in [-0.3, -0.25) is 4.68 Å². The van der Waals surface area contributed by atoms with Crippen LogP contribution in [0.4, 0.5) is 5.82 Å². The molecular weight excluding hydrogens is 186 g/mol. The Labute approximate surface area is 90.7 Å². The molecule has 0 radical (unpaired) electrons. The van der Waals surface area contributed by atoms with Crippen molar-refractivity contribution in [2.24, 2.45) is 12.5 Å². The maximum atomic E-state index is 6.06. The number of rotatable bonds is 3. The van der Waals surface area contributed by atoms with Gasteiger partial charge in [0.05, 0.1) is 5.69 Å². The normalized spacial score (nSPS) is 25.9. The van der Waals surface area contributed by atoms with E-state index in [0.29, 0.717) is 5.41 Å². The van der Waals surface area contributed by atoms with Crippen LogP contribution < -0.4 is 5.73 Å². The van der Waals surface area contributed by atoms with Gasteiger partial charge in [0.1, 0.15) is 5.82 Å². The number of hydrogen-bond donors (Lipinski definition) is 1. The molecular formula is C12H19N3. The van der Waals surface area contributed by atoms with Crippen LogP contribution in [-0.2, 0) is 13.5 Å². The van der Waals surface area contributed by atoms with Crippen molar-refractivity contribution in [1.29, 1.82) is 0 Å². The van der Waals surface area contributed by atoms with Gasteiger partial charge in [-0.25, -0.2) is 0 Å². The van der Waals surface area contributed by atoms with Crippen molar-refractivity contribution in [2.45, 2.75) is 44.9 Å². The minimum absolute atomic E-state index is 0.684. The van der Waals surface area contributed by atoms with E-state index in [-0.39, 0.29) is 0 Å². The van der Waals surface area contributed by atoms with E-state index in [1.165, 1.54) is 30.5 Å². The zero-order valence-corrected chi connectivity index (χ0v) is 9.58. The molecule has 2 saturated carbocycles. The molecule has 15 heavy (non-hydrogen) atoms. The van der Waals surface area contributed by atoms with Gasteiger partial charge in [0, 0.05) is 18.5 Å². The van der Waals surface area contributed by atoms with Gasteiger partial charge in [-0.15, -0.1) is 0 Å². The number of hydrogen-bond acceptors (Lipinski definition) is 2. The number of anilines is 1. The third kappa shape index (κ3) is 1.22. The summed E-state index contributed by atoms with van der Waals surface area (Å²) >= 11 is 0. The maximum Gasteiger partial charge on any atom is 0.124 e. The van der Waals surface area contributed by atoms with Crippen LogP contribution in [0.1, 0.15) is 49.8 Å². The highest BCUT2D eigenvalue weighted by Gasteiger charge is 2.64. The first kappa shape index (κ1) is 9.25. The number of aryl methyl sites for hydroxylation is 1. The van der Waals surface area contributed by atoms with Gasteiger partial charge in [0.25, 0.3) is 0 Å². The lowest BCUT2D eigenvalue weighted by molar-refractivity contribution is 0.731. The number of aromatic nitrogens is 2. The predicted molar refractivity (Wildman–Crippen MR) is 60.6 cm³/mol. The van der Waals surface area contributed by atoms with Crippen LogP contribution in [-0.4, -0.2) is 9.78 Å². The fraction of sp³-hybridized carbons (Fsp3) is 0.750. The molecule has 1 spiro atoms. The molecule has 0 amide bonds. The maximum absolute atomic E-state index is 6.06. The molecule has 82 valence electrons. The van der Waals surface area contributed by atoms with Gasteiger partial charge in [-0.05, 0) is 31.1 Å². The first-order valence-electron chi connectivity index (χ1n) is 5.99. The van der Waals surface area contributed by atoms with Crippen LogP contribution in [0.5, 0.6) is 0 Å². The second-order valence-corrected chi connectivity index (χ2v) is 5.24. The summed E-state index contributed by atoms with van der Waals surface area (Å²) in [6.45, 7) is 2.20. The van der Waals surface area contributed by atoms with Crippen molar-refractivity contribution in [3.8, 4) is 0 Å². The van der Waals surface area contributed by atoms with Crippen molar-refractivity contribution >= 4 is 5.82 Å². The molecule has 0 aromatic carbocycles. The summed E-state index contributed by atoms with van der Waals surface area (Å²) in [5.74, 6) is 1.62. The molecule has 1 aromatic rings. The molecule has 2 fully saturated rings. The summed E-state index contributed by atoms with van der Waals surface area (Å²) in [7, 11) is 1.96. The lowest BCUT2D eigenvalue weighted by Gasteiger charge is -2.00. The van der Waals surface area contributed by atoms with Crippen molar-refractivity contribution in [3.05, 3.63) is 11.3 Å². The Kier molecular flexibility index (Phi) is 1.71. The average molecular weight is 205 g/mol. The van der Waals surface area contributed by atoms with E-state index in [0.717, 1.165) is 24.6 Å². The topological polar surface area (TPSA) is 43.8 Å². The van der Waals surface area contributed by atoms with Crippen LogP contribution in [0.3, 0.4) is 0 Å². The highest BCUT2D eigenvalue weighted by Crippen LogP contribution is 2.75. The number of nitrogens with zero attached hydrogens (tertiary/aromatic N) is 2. The van der Waals surface area contributed by atoms with Crippen LogP contribution in [0, 0.1) is 5.41 Å². The standard InChI is InChI=1S/C12H19N3/c1-3-4-8-10(14-15(2)11(8)13)9-7-12(9)5-6-12/h9H,3-7,13H2,1-2H3. The van der Waals surface area contributed by atoms with Crippen LogP contribution in [0.2, 0.25) is 0 Å². The Balaban J connectivity index is 1.95. The quantitative estimate of drug-likeness (QED) is 0.822. The molecule has 2 aliphatic rings. The monoisotopic (exact) mass is 205 g/mol. The SMILES string of the molecule is CCCc1c(C2CC23CC3)nn(C)c1N. The van der Waals surface area contributed by atoms with Crippen molar-refractivity contribution in [3.63, 3.8) is 0 Å². The van der Waals surface area contributed by atoms with E-state index in [2.05, 4.69) is 12.0 Å². The zero-order chi connectivity index (χ0) is 10.6. The fourth-order valence-electron chi connectivity index (χ4n) is 2.84. The number of nitrogen functional groups attached to an aromatic ring is 1. The average Bonchev–Trinajstić information content (AvgIpc) is 3.11. The van der Waals surface area contributed by atoms with E-state index >= 15 is 0 Å². The molecule has 2 N–H and O–H groups in total. The summed E-state index contributed by atoms with van der Waals surface area (Å²) in [6, 6.07) is 0. The summed E-state index contributed by atoms with van der Waals surface area (Å²) in [5, 5.41) is 4.62. The molecule has 0 aliphatic heterocycles. The molecule has 1 aromatic heterocycles. The zero-order valence-electron chi connectivity index (χ0n) is 9.58. The number of nitrogens with two attached hydrogens (primary N) is 1. The highest BCUT2D eigenvalue weighted by atomic mass is 15.3. The summed E-state index contributed by atoms with van der Waals surface area (Å²) in [6.07, 6.45) is 6.43. The summed E-state index contributed by atoms with van der Waals surface area (Å²) in [4.78, 5) is 0. The lowest BCUT2D eigenvalue weighted by atomic mass is 10.1. The van der Waals surface area contributed by atoms with Gasteiger partial charge in [-0.2, -0.15) is 5.10 Å². The third-order valence-electron chi connectivity index (χ3n) is 4.14. The Hall–Kier alpha value is -0.990. The van der Waals surface area contributed by atoms with E-state index in [1.54, 1.807) is 0 Å². The van der Waals surface area contributed by atoms with Gasteiger partial charge in [0.2, 0.25) is 0 Å². The van der Waals surface area contributed by atoms with Crippen LogP contribution in [0.25, 0.3) is 0 Å². The van der Waals surface area contributed by atoms with Gasteiger partial charge < -0.3 is 5.73 Å². The van der Waals surface area contributed by atoms with E-state index in [9.17, 15) is 0 Å². The molecule has 1 atom stereocenters. The Morgan fingerprint density at radius 2 is 2.27 bits per heavy atom. The minimum Gasteiger partial charge on any atom is -0.384 e. The molecule has 1 heterocycles. The molecule has 0 bridgehead atoms. The smallest absolute Gasteiger partial charge is 0.124 e. The van der Waals surface area contributed by atoms with E-state index in [1.807, 2.05) is 11.7 Å². The first-order chi connectivity index (χ1) is 7.18. The van der Waals surface area contributed by atoms with Gasteiger partial charge in [0.15, 0.2) is 0 Å². The predicted octanol–water partition coefficient (Wildman–Crippen LogP) is 2.22. The second-order valence-electron chi connectivity index (χ2n) is 5.24. The molecule has 3 nitrogen and oxygen atoms in total. The van der Waals surface area contributed by atoms with E-state index < -0.39 is 0 Å². The largest absolute Gasteiger partial charge is 0.384 e. The van der Waals surface area contributed by atoms with Gasteiger partial charge >= 0.3 is 0 Å².